The van der Waals surface area contributed by atoms with Crippen molar-refractivity contribution in [3.63, 3.8) is 0 Å². The number of carbonyl (C=O) groups excluding carboxylic acids is 1. The predicted octanol–water partition coefficient (Wildman–Crippen LogP) is 1.93. The van der Waals surface area contributed by atoms with Gasteiger partial charge in [-0.25, -0.2) is 0 Å². The van der Waals surface area contributed by atoms with Crippen molar-refractivity contribution >= 4 is 11.9 Å². The number of aromatic nitrogens is 2. The van der Waals surface area contributed by atoms with Crippen molar-refractivity contribution in [1.82, 2.24) is 14.7 Å². The Labute approximate surface area is 124 Å². The first-order valence-electron chi connectivity index (χ1n) is 7.66. The molecule has 1 aliphatic rings. The zero-order chi connectivity index (χ0) is 15.4. The Kier molecular flexibility index (Phi) is 4.98. The maximum absolute atomic E-state index is 12.8. The lowest BCUT2D eigenvalue weighted by atomic mass is 10.2. The van der Waals surface area contributed by atoms with Crippen LogP contribution in [0.5, 0.6) is 0 Å². The molecule has 1 heterocycles. The van der Waals surface area contributed by atoms with Crippen molar-refractivity contribution in [3.8, 4) is 0 Å². The minimum Gasteiger partial charge on any atom is -0.480 e. The fourth-order valence-electron chi connectivity index (χ4n) is 2.93. The van der Waals surface area contributed by atoms with Crippen LogP contribution in [0.3, 0.4) is 0 Å². The molecule has 0 saturated heterocycles. The quantitative estimate of drug-likeness (QED) is 0.869. The van der Waals surface area contributed by atoms with Crippen LogP contribution in [-0.2, 0) is 17.8 Å². The molecule has 116 valence electrons. The largest absolute Gasteiger partial charge is 0.480 e. The lowest BCUT2D eigenvalue weighted by molar-refractivity contribution is -0.138. The Morgan fingerprint density at radius 2 is 2.05 bits per heavy atom. The number of aliphatic carboxylic acids is 1. The van der Waals surface area contributed by atoms with E-state index in [9.17, 15) is 9.59 Å². The Hall–Kier alpha value is -1.85. The van der Waals surface area contributed by atoms with Gasteiger partial charge in [-0.05, 0) is 32.3 Å². The van der Waals surface area contributed by atoms with E-state index < -0.39 is 5.97 Å². The van der Waals surface area contributed by atoms with E-state index in [0.717, 1.165) is 37.8 Å². The summed E-state index contributed by atoms with van der Waals surface area (Å²) in [6.45, 7) is 4.29. The maximum Gasteiger partial charge on any atom is 0.323 e. The highest BCUT2D eigenvalue weighted by Gasteiger charge is 2.30. The van der Waals surface area contributed by atoms with Gasteiger partial charge in [0, 0.05) is 12.6 Å². The van der Waals surface area contributed by atoms with Crippen LogP contribution in [0.2, 0.25) is 0 Å². The molecule has 0 unspecified atom stereocenters. The van der Waals surface area contributed by atoms with Crippen molar-refractivity contribution in [3.05, 3.63) is 17.5 Å². The lowest BCUT2D eigenvalue weighted by Gasteiger charge is -2.27. The van der Waals surface area contributed by atoms with Crippen molar-refractivity contribution in [1.29, 1.82) is 0 Å². The second-order valence-electron chi connectivity index (χ2n) is 5.46. The summed E-state index contributed by atoms with van der Waals surface area (Å²) in [6.07, 6.45) is 4.65. The number of carboxylic acids is 1. The van der Waals surface area contributed by atoms with E-state index in [0.29, 0.717) is 12.2 Å². The zero-order valence-electron chi connectivity index (χ0n) is 12.7. The van der Waals surface area contributed by atoms with Crippen LogP contribution in [0, 0.1) is 0 Å². The number of carboxylic acid groups (broad SMARTS) is 1. The van der Waals surface area contributed by atoms with Gasteiger partial charge in [0.05, 0.1) is 5.69 Å². The van der Waals surface area contributed by atoms with Crippen LogP contribution in [0.25, 0.3) is 0 Å². The smallest absolute Gasteiger partial charge is 0.323 e. The van der Waals surface area contributed by atoms with Crippen molar-refractivity contribution < 1.29 is 14.7 Å². The van der Waals surface area contributed by atoms with E-state index in [-0.39, 0.29) is 18.5 Å². The third-order valence-corrected chi connectivity index (χ3v) is 4.04. The normalized spacial score (nSPS) is 15.3. The molecule has 0 spiro atoms. The molecular formula is C15H23N3O3. The van der Waals surface area contributed by atoms with E-state index in [1.807, 2.05) is 13.8 Å². The standard InChI is InChI=1S/C15H23N3O3/c1-3-11-9-13(18(4-2)16-11)15(21)17(10-14(19)20)12-7-5-6-8-12/h9,12H,3-8,10H2,1-2H3,(H,19,20). The second-order valence-corrected chi connectivity index (χ2v) is 5.46. The summed E-state index contributed by atoms with van der Waals surface area (Å²) in [7, 11) is 0. The highest BCUT2D eigenvalue weighted by Crippen LogP contribution is 2.25. The van der Waals surface area contributed by atoms with Gasteiger partial charge in [0.25, 0.3) is 5.91 Å². The van der Waals surface area contributed by atoms with Gasteiger partial charge in [0.15, 0.2) is 0 Å². The van der Waals surface area contributed by atoms with E-state index in [1.54, 1.807) is 10.7 Å². The van der Waals surface area contributed by atoms with E-state index >= 15 is 0 Å². The highest BCUT2D eigenvalue weighted by atomic mass is 16.4. The molecule has 1 aromatic rings. The van der Waals surface area contributed by atoms with Crippen LogP contribution >= 0.6 is 0 Å². The molecule has 1 fully saturated rings. The Bertz CT molecular complexity index is 518. The van der Waals surface area contributed by atoms with Crippen LogP contribution in [-0.4, -0.2) is 44.3 Å². The molecule has 0 aromatic carbocycles. The van der Waals surface area contributed by atoms with Crippen LogP contribution < -0.4 is 0 Å². The number of hydrogen-bond acceptors (Lipinski definition) is 3. The van der Waals surface area contributed by atoms with Gasteiger partial charge in [-0.2, -0.15) is 5.10 Å². The Morgan fingerprint density at radius 3 is 2.57 bits per heavy atom. The summed E-state index contributed by atoms with van der Waals surface area (Å²) < 4.78 is 1.67. The molecule has 1 N–H and O–H groups in total. The van der Waals surface area contributed by atoms with Crippen molar-refractivity contribution in [2.45, 2.75) is 58.5 Å². The Morgan fingerprint density at radius 1 is 1.38 bits per heavy atom. The van der Waals surface area contributed by atoms with E-state index in [2.05, 4.69) is 5.10 Å². The molecular weight excluding hydrogens is 270 g/mol. The average molecular weight is 293 g/mol. The topological polar surface area (TPSA) is 75.4 Å². The zero-order valence-corrected chi connectivity index (χ0v) is 12.7. The summed E-state index contributed by atoms with van der Waals surface area (Å²) >= 11 is 0. The van der Waals surface area contributed by atoms with Crippen LogP contribution in [0.4, 0.5) is 0 Å². The number of aryl methyl sites for hydroxylation is 2. The number of rotatable bonds is 6. The van der Waals surface area contributed by atoms with Crippen LogP contribution in [0.15, 0.2) is 6.07 Å². The lowest BCUT2D eigenvalue weighted by Crippen LogP contribution is -2.43. The van der Waals surface area contributed by atoms with Crippen molar-refractivity contribution in [2.24, 2.45) is 0 Å². The average Bonchev–Trinajstić information content (AvgIpc) is 3.12. The monoisotopic (exact) mass is 293 g/mol. The minimum atomic E-state index is -0.964. The summed E-state index contributed by atoms with van der Waals surface area (Å²) in [5, 5.41) is 13.5. The molecule has 0 atom stereocenters. The molecule has 6 heteroatoms. The number of hydrogen-bond donors (Lipinski definition) is 1. The summed E-state index contributed by atoms with van der Waals surface area (Å²) in [4.78, 5) is 25.4. The van der Waals surface area contributed by atoms with Crippen LogP contribution in [0.1, 0.15) is 55.7 Å². The molecule has 1 aromatic heterocycles. The first-order chi connectivity index (χ1) is 10.1. The molecule has 1 saturated carbocycles. The fraction of sp³-hybridized carbons (Fsp3) is 0.667. The van der Waals surface area contributed by atoms with Gasteiger partial charge in [0.2, 0.25) is 0 Å². The molecule has 21 heavy (non-hydrogen) atoms. The summed E-state index contributed by atoms with van der Waals surface area (Å²) in [5.74, 6) is -1.17. The maximum atomic E-state index is 12.8. The first-order valence-corrected chi connectivity index (χ1v) is 7.66. The van der Waals surface area contributed by atoms with Gasteiger partial charge >= 0.3 is 5.97 Å². The van der Waals surface area contributed by atoms with E-state index in [1.165, 1.54) is 4.90 Å². The molecule has 1 aliphatic carbocycles. The first kappa shape index (κ1) is 15.5. The molecule has 6 nitrogen and oxygen atoms in total. The molecule has 0 radical (unpaired) electrons. The molecule has 0 aliphatic heterocycles. The van der Waals surface area contributed by atoms with Gasteiger partial charge < -0.3 is 10.0 Å². The number of amides is 1. The summed E-state index contributed by atoms with van der Waals surface area (Å²) in [5.41, 5.74) is 1.37. The van der Waals surface area contributed by atoms with Gasteiger partial charge in [-0.1, -0.05) is 19.8 Å². The highest BCUT2D eigenvalue weighted by molar-refractivity contribution is 5.94. The Balaban J connectivity index is 2.28. The SMILES string of the molecule is CCc1cc(C(=O)N(CC(=O)O)C2CCCC2)n(CC)n1. The minimum absolute atomic E-state index is 0.0406. The van der Waals surface area contributed by atoms with Gasteiger partial charge in [0.1, 0.15) is 12.2 Å². The summed E-state index contributed by atoms with van der Waals surface area (Å²) in [6, 6.07) is 1.83. The third-order valence-electron chi connectivity index (χ3n) is 4.04. The molecule has 1 amide bonds. The van der Waals surface area contributed by atoms with Gasteiger partial charge in [-0.15, -0.1) is 0 Å². The van der Waals surface area contributed by atoms with E-state index in [4.69, 9.17) is 5.11 Å². The van der Waals surface area contributed by atoms with Crippen molar-refractivity contribution in [2.75, 3.05) is 6.54 Å². The number of carbonyl (C=O) groups is 2. The second kappa shape index (κ2) is 6.74. The predicted molar refractivity (Wildman–Crippen MR) is 78.2 cm³/mol. The molecule has 2 rings (SSSR count). The molecule has 0 bridgehead atoms. The number of nitrogens with zero attached hydrogens (tertiary/aromatic N) is 3. The van der Waals surface area contributed by atoms with Gasteiger partial charge in [-0.3, -0.25) is 14.3 Å². The third kappa shape index (κ3) is 3.43. The fourth-order valence-corrected chi connectivity index (χ4v) is 2.93.